The van der Waals surface area contributed by atoms with Crippen LogP contribution < -0.4 is 20.5 Å². The number of carbonyl (C=O) groups is 2. The number of rotatable bonds is 7. The molecular formula is C18H25B5FN3O4. The Balaban J connectivity index is 1.92. The van der Waals surface area contributed by atoms with E-state index in [2.05, 4.69) is 10.3 Å². The maximum absolute atomic E-state index is 14.9. The van der Waals surface area contributed by atoms with Crippen molar-refractivity contribution in [1.29, 1.82) is 0 Å². The summed E-state index contributed by atoms with van der Waals surface area (Å²) in [7, 11) is 11.5. The first-order chi connectivity index (χ1) is 14.4. The number of halogens is 1. The molecule has 1 aliphatic heterocycles. The van der Waals surface area contributed by atoms with Crippen LogP contribution in [0.25, 0.3) is 10.8 Å². The quantitative estimate of drug-likeness (QED) is 0.453. The molecule has 1 aliphatic rings. The minimum atomic E-state index is -1.61. The number of amides is 2. The number of nitrogens with two attached hydrogens (primary N) is 1. The van der Waals surface area contributed by atoms with Crippen molar-refractivity contribution in [2.24, 2.45) is 11.7 Å². The molecular weight excluding hydrogens is 395 g/mol. The Morgan fingerprint density at radius 2 is 1.97 bits per heavy atom. The number of pyridine rings is 1. The number of primary amides is 1. The molecule has 3 rings (SSSR count). The second kappa shape index (κ2) is 8.17. The van der Waals surface area contributed by atoms with Gasteiger partial charge in [-0.15, -0.1) is 5.11 Å². The van der Waals surface area contributed by atoms with Gasteiger partial charge in [0.25, 0.3) is 11.8 Å². The van der Waals surface area contributed by atoms with Gasteiger partial charge in [-0.25, -0.2) is 9.37 Å². The first kappa shape index (κ1) is 23.1. The lowest BCUT2D eigenvalue weighted by Crippen LogP contribution is -2.48. The van der Waals surface area contributed by atoms with E-state index in [1.54, 1.807) is 24.4 Å². The van der Waals surface area contributed by atoms with Crippen LogP contribution >= 0.6 is 0 Å². The minimum Gasteiger partial charge on any atom is -0.496 e. The molecule has 31 heavy (non-hydrogen) atoms. The third-order valence-corrected chi connectivity index (χ3v) is 6.81. The van der Waals surface area contributed by atoms with Crippen LogP contribution in [0.1, 0.15) is 10.4 Å². The average Bonchev–Trinajstić information content (AvgIpc) is 2.98. The summed E-state index contributed by atoms with van der Waals surface area (Å²) in [5.41, 5.74) is 5.69. The van der Waals surface area contributed by atoms with Crippen molar-refractivity contribution >= 4 is 61.8 Å². The van der Waals surface area contributed by atoms with Crippen molar-refractivity contribution in [3.63, 3.8) is 0 Å². The maximum Gasteiger partial charge on any atom is 0.255 e. The molecule has 158 valence electrons. The highest BCUT2D eigenvalue weighted by Gasteiger charge is 2.53. The number of hydrogen-bond acceptors (Lipinski definition) is 5. The van der Waals surface area contributed by atoms with E-state index in [-0.39, 0.29) is 17.3 Å². The van der Waals surface area contributed by atoms with Gasteiger partial charge in [0.1, 0.15) is 12.4 Å². The lowest BCUT2D eigenvalue weighted by molar-refractivity contribution is -0.124. The average molecular weight is 420 g/mol. The van der Waals surface area contributed by atoms with Gasteiger partial charge in [0.15, 0.2) is 6.17 Å². The van der Waals surface area contributed by atoms with E-state index in [1.165, 1.54) is 7.11 Å². The van der Waals surface area contributed by atoms with E-state index in [1.807, 2.05) is 39.2 Å². The van der Waals surface area contributed by atoms with Crippen LogP contribution in [0, 0.1) is 5.92 Å². The van der Waals surface area contributed by atoms with Gasteiger partial charge in [0.05, 0.1) is 57.9 Å². The molecule has 1 aromatic carbocycles. The Morgan fingerprint density at radius 1 is 1.29 bits per heavy atom. The number of hydrogen-bond donors (Lipinski definition) is 2. The summed E-state index contributed by atoms with van der Waals surface area (Å²) in [6.45, 7) is 0.0579. The number of nitrogens with zero attached hydrogens (tertiary/aromatic N) is 1. The maximum atomic E-state index is 14.9. The monoisotopic (exact) mass is 421 g/mol. The molecule has 2 heterocycles. The largest absolute Gasteiger partial charge is 0.496 e. The first-order valence-electron chi connectivity index (χ1n) is 10.2. The SMILES string of the molecule is BC(B)(B)C(B)(B)[C@@H]1[C@H](F)C(=O)N[C@@H]1COc1nccc2cc(C(N)=O)c(OC)cc12. The van der Waals surface area contributed by atoms with Gasteiger partial charge in [-0.1, -0.05) is 5.21 Å². The Hall–Kier alpha value is -2.58. The van der Waals surface area contributed by atoms with Crippen molar-refractivity contribution in [2.45, 2.75) is 22.5 Å². The van der Waals surface area contributed by atoms with Crippen LogP contribution in [0.3, 0.4) is 0 Å². The third-order valence-electron chi connectivity index (χ3n) is 6.81. The fraction of sp³-hybridized carbons (Fsp3) is 0.389. The normalized spacial score (nSPS) is 21.6. The molecule has 3 N–H and O–H groups in total. The topological polar surface area (TPSA) is 104 Å². The van der Waals surface area contributed by atoms with Crippen molar-refractivity contribution in [3.05, 3.63) is 30.0 Å². The zero-order valence-corrected chi connectivity index (χ0v) is 18.8. The van der Waals surface area contributed by atoms with E-state index in [0.717, 1.165) is 0 Å². The van der Waals surface area contributed by atoms with Crippen molar-refractivity contribution < 1.29 is 23.5 Å². The summed E-state index contributed by atoms with van der Waals surface area (Å²) in [5, 5.41) is 3.35. The molecule has 0 aliphatic carbocycles. The summed E-state index contributed by atoms with van der Waals surface area (Å²) >= 11 is 0. The molecule has 3 atom stereocenters. The van der Waals surface area contributed by atoms with Crippen LogP contribution in [0.15, 0.2) is 24.4 Å². The number of alkyl halides is 1. The Labute approximate surface area is 185 Å². The standard InChI is InChI=1S/C18H25B5FN3O4/c1-30-11-5-8-7(4-9(11)14(25)28)2-3-26-16(8)31-6-10-12(13(24)15(29)27-10)17(19,20)18(21,22)23/h2-5,10,12-13H,6,19-23H2,1H3,(H2,25,28)(H,27,29)/t10-,12+,13+/m1/s1. The summed E-state index contributed by atoms with van der Waals surface area (Å²) in [6, 6.07) is 4.47. The lowest BCUT2D eigenvalue weighted by Gasteiger charge is -2.46. The van der Waals surface area contributed by atoms with Gasteiger partial charge in [0.2, 0.25) is 5.88 Å². The molecule has 2 aromatic rings. The minimum absolute atomic E-state index is 0.0579. The van der Waals surface area contributed by atoms with E-state index in [4.69, 9.17) is 15.2 Å². The van der Waals surface area contributed by atoms with Gasteiger partial charge < -0.3 is 20.5 Å². The number of methoxy groups -OCH3 is 1. The highest BCUT2D eigenvalue weighted by molar-refractivity contribution is 6.67. The molecule has 0 unspecified atom stereocenters. The number of fused-ring (bicyclic) bond motifs is 1. The van der Waals surface area contributed by atoms with E-state index in [0.29, 0.717) is 22.4 Å². The Bertz CT molecular complexity index is 1030. The van der Waals surface area contributed by atoms with Gasteiger partial charge in [-0.05, 0) is 23.6 Å². The second-order valence-electron chi connectivity index (χ2n) is 9.58. The highest BCUT2D eigenvalue weighted by Crippen LogP contribution is 2.50. The molecule has 1 fully saturated rings. The van der Waals surface area contributed by atoms with Crippen LogP contribution in [-0.4, -0.2) is 82.0 Å². The van der Waals surface area contributed by atoms with Crippen molar-refractivity contribution in [3.8, 4) is 11.6 Å². The molecule has 1 aromatic heterocycles. The molecule has 2 amide bonds. The summed E-state index contributed by atoms with van der Waals surface area (Å²) in [4.78, 5) is 28.2. The third kappa shape index (κ3) is 4.14. The summed E-state index contributed by atoms with van der Waals surface area (Å²) in [5.74, 6) is -1.17. The fourth-order valence-corrected chi connectivity index (χ4v) is 4.05. The van der Waals surface area contributed by atoms with Crippen LogP contribution in [-0.2, 0) is 4.79 Å². The summed E-state index contributed by atoms with van der Waals surface area (Å²) < 4.78 is 26.2. The van der Waals surface area contributed by atoms with Gasteiger partial charge >= 0.3 is 0 Å². The number of aromatic nitrogens is 1. The highest BCUT2D eigenvalue weighted by atomic mass is 19.1. The summed E-state index contributed by atoms with van der Waals surface area (Å²) in [6.07, 6.45) is -0.0574. The zero-order valence-electron chi connectivity index (χ0n) is 18.8. The molecule has 0 saturated carbocycles. The molecule has 13 heteroatoms. The Morgan fingerprint density at radius 3 is 2.55 bits per heavy atom. The van der Waals surface area contributed by atoms with E-state index >= 15 is 0 Å². The molecule has 7 nitrogen and oxygen atoms in total. The molecule has 1 saturated heterocycles. The van der Waals surface area contributed by atoms with Crippen molar-refractivity contribution in [1.82, 2.24) is 10.3 Å². The lowest BCUT2D eigenvalue weighted by atomic mass is 9.20. The van der Waals surface area contributed by atoms with Crippen LogP contribution in [0.2, 0.25) is 10.3 Å². The molecule has 0 bridgehead atoms. The predicted molar refractivity (Wildman–Crippen MR) is 131 cm³/mol. The Kier molecular flexibility index (Phi) is 6.08. The van der Waals surface area contributed by atoms with Gasteiger partial charge in [-0.3, -0.25) is 9.59 Å². The zero-order chi connectivity index (χ0) is 23.1. The molecule has 0 spiro atoms. The number of benzene rings is 1. The number of ether oxygens (including phenoxy) is 2. The number of carbonyl (C=O) groups excluding carboxylic acids is 2. The van der Waals surface area contributed by atoms with Gasteiger partial charge in [-0.2, -0.15) is 0 Å². The van der Waals surface area contributed by atoms with E-state index < -0.39 is 35.2 Å². The fourth-order valence-electron chi connectivity index (χ4n) is 4.05. The smallest absolute Gasteiger partial charge is 0.255 e. The predicted octanol–water partition coefficient (Wildman–Crippen LogP) is -3.47. The van der Waals surface area contributed by atoms with Crippen LogP contribution in [0.5, 0.6) is 11.6 Å². The molecule has 0 radical (unpaired) electrons. The van der Waals surface area contributed by atoms with Gasteiger partial charge in [0, 0.05) is 17.5 Å². The number of nitrogens with one attached hydrogen (secondary N) is 1. The second-order valence-corrected chi connectivity index (χ2v) is 9.58. The van der Waals surface area contributed by atoms with Crippen LogP contribution in [0.4, 0.5) is 4.39 Å². The first-order valence-corrected chi connectivity index (χ1v) is 10.2. The van der Waals surface area contributed by atoms with E-state index in [9.17, 15) is 14.0 Å². The van der Waals surface area contributed by atoms with Crippen molar-refractivity contribution in [2.75, 3.05) is 13.7 Å².